The first-order valence-corrected chi connectivity index (χ1v) is 9.30. The van der Waals surface area contributed by atoms with E-state index < -0.39 is 10.0 Å². The molecule has 0 saturated carbocycles. The molecule has 6 heteroatoms. The monoisotopic (exact) mass is 327 g/mol. The van der Waals surface area contributed by atoms with Crippen molar-refractivity contribution in [2.75, 3.05) is 19.8 Å². The highest BCUT2D eigenvalue weighted by Gasteiger charge is 2.24. The molecule has 0 aliphatic carbocycles. The lowest BCUT2D eigenvalue weighted by Crippen LogP contribution is -2.32. The lowest BCUT2D eigenvalue weighted by atomic mass is 10.0. The van der Waals surface area contributed by atoms with Gasteiger partial charge in [0.1, 0.15) is 10.6 Å². The van der Waals surface area contributed by atoms with Gasteiger partial charge in [0.15, 0.2) is 0 Å². The van der Waals surface area contributed by atoms with Crippen LogP contribution in [0.4, 0.5) is 0 Å². The van der Waals surface area contributed by atoms with Gasteiger partial charge in [0.05, 0.1) is 12.7 Å². The van der Waals surface area contributed by atoms with Gasteiger partial charge in [-0.3, -0.25) is 0 Å². The predicted octanol–water partition coefficient (Wildman–Crippen LogP) is 2.67. The quantitative estimate of drug-likeness (QED) is 0.836. The Kier molecular flexibility index (Phi) is 5.83. The van der Waals surface area contributed by atoms with Crippen LogP contribution in [0, 0.1) is 0 Å². The first-order chi connectivity index (χ1) is 10.4. The molecule has 1 aromatic rings. The second kappa shape index (κ2) is 7.44. The third kappa shape index (κ3) is 4.21. The van der Waals surface area contributed by atoms with Crippen molar-refractivity contribution >= 4 is 10.0 Å². The average Bonchev–Trinajstić information content (AvgIpc) is 2.99. The lowest BCUT2D eigenvalue weighted by molar-refractivity contribution is 0.114. The smallest absolute Gasteiger partial charge is 0.244 e. The van der Waals surface area contributed by atoms with Crippen molar-refractivity contribution in [2.24, 2.45) is 0 Å². The standard InChI is InChI=1S/C16H25NO4S/c1-4-20-15-8-7-13(12(2)3)10-16(15)22(18,19)17-11-14-6-5-9-21-14/h7-8,10,12,14,17H,4-6,9,11H2,1-3H3. The van der Waals surface area contributed by atoms with Crippen LogP contribution in [0.5, 0.6) is 5.75 Å². The first kappa shape index (κ1) is 17.2. The van der Waals surface area contributed by atoms with Gasteiger partial charge in [-0.1, -0.05) is 19.9 Å². The minimum Gasteiger partial charge on any atom is -0.492 e. The van der Waals surface area contributed by atoms with Crippen molar-refractivity contribution in [3.8, 4) is 5.75 Å². The van der Waals surface area contributed by atoms with Crippen molar-refractivity contribution in [1.82, 2.24) is 4.72 Å². The molecular weight excluding hydrogens is 302 g/mol. The molecular formula is C16H25NO4S. The Morgan fingerprint density at radius 1 is 1.41 bits per heavy atom. The van der Waals surface area contributed by atoms with E-state index in [1.807, 2.05) is 26.8 Å². The minimum atomic E-state index is -3.61. The summed E-state index contributed by atoms with van der Waals surface area (Å²) in [6.45, 7) is 7.35. The van der Waals surface area contributed by atoms with Crippen molar-refractivity contribution < 1.29 is 17.9 Å². The molecule has 0 aromatic heterocycles. The van der Waals surface area contributed by atoms with Gasteiger partial charge in [-0.05, 0) is 43.4 Å². The van der Waals surface area contributed by atoms with Crippen LogP contribution in [-0.4, -0.2) is 34.3 Å². The maximum Gasteiger partial charge on any atom is 0.244 e. The SMILES string of the molecule is CCOc1ccc(C(C)C)cc1S(=O)(=O)NCC1CCCO1. The van der Waals surface area contributed by atoms with Gasteiger partial charge in [-0.15, -0.1) is 0 Å². The van der Waals surface area contributed by atoms with Crippen LogP contribution in [0.2, 0.25) is 0 Å². The van der Waals surface area contributed by atoms with Crippen LogP contribution in [0.3, 0.4) is 0 Å². The van der Waals surface area contributed by atoms with Crippen LogP contribution in [0.15, 0.2) is 23.1 Å². The molecule has 2 rings (SSSR count). The summed E-state index contributed by atoms with van der Waals surface area (Å²) in [6.07, 6.45) is 1.85. The third-order valence-electron chi connectivity index (χ3n) is 3.75. The highest BCUT2D eigenvalue weighted by Crippen LogP contribution is 2.28. The molecule has 1 atom stereocenters. The molecule has 1 saturated heterocycles. The molecule has 1 heterocycles. The second-order valence-electron chi connectivity index (χ2n) is 5.78. The normalized spacial score (nSPS) is 18.8. The Labute approximate surface area is 133 Å². The Balaban J connectivity index is 2.23. The van der Waals surface area contributed by atoms with E-state index >= 15 is 0 Å². The molecule has 1 fully saturated rings. The van der Waals surface area contributed by atoms with Crippen LogP contribution in [-0.2, 0) is 14.8 Å². The van der Waals surface area contributed by atoms with Crippen molar-refractivity contribution in [3.63, 3.8) is 0 Å². The zero-order valence-corrected chi connectivity index (χ0v) is 14.3. The maximum absolute atomic E-state index is 12.6. The maximum atomic E-state index is 12.6. The van der Waals surface area contributed by atoms with Gasteiger partial charge < -0.3 is 9.47 Å². The molecule has 124 valence electrons. The lowest BCUT2D eigenvalue weighted by Gasteiger charge is -2.16. The summed E-state index contributed by atoms with van der Waals surface area (Å²) in [5.41, 5.74) is 0.973. The number of rotatable bonds is 7. The second-order valence-corrected chi connectivity index (χ2v) is 7.52. The fourth-order valence-corrected chi connectivity index (χ4v) is 3.70. The molecule has 0 bridgehead atoms. The van der Waals surface area contributed by atoms with E-state index in [1.54, 1.807) is 12.1 Å². The summed E-state index contributed by atoms with van der Waals surface area (Å²) < 4.78 is 38.8. The highest BCUT2D eigenvalue weighted by molar-refractivity contribution is 7.89. The van der Waals surface area contributed by atoms with E-state index in [9.17, 15) is 8.42 Å². The molecule has 1 N–H and O–H groups in total. The topological polar surface area (TPSA) is 64.6 Å². The molecule has 0 amide bonds. The molecule has 22 heavy (non-hydrogen) atoms. The summed E-state index contributed by atoms with van der Waals surface area (Å²) in [7, 11) is -3.61. The van der Waals surface area contributed by atoms with E-state index in [1.165, 1.54) is 0 Å². The Hall–Kier alpha value is -1.11. The van der Waals surface area contributed by atoms with Gasteiger partial charge in [-0.25, -0.2) is 13.1 Å². The van der Waals surface area contributed by atoms with Crippen LogP contribution in [0.25, 0.3) is 0 Å². The molecule has 0 radical (unpaired) electrons. The summed E-state index contributed by atoms with van der Waals surface area (Å²) in [5, 5.41) is 0. The molecule has 1 unspecified atom stereocenters. The molecule has 1 aromatic carbocycles. The summed E-state index contributed by atoms with van der Waals surface area (Å²) in [6, 6.07) is 5.35. The molecule has 1 aliphatic rings. The first-order valence-electron chi connectivity index (χ1n) is 7.82. The average molecular weight is 327 g/mol. The Bertz CT molecular complexity index is 592. The fraction of sp³-hybridized carbons (Fsp3) is 0.625. The number of sulfonamides is 1. The van der Waals surface area contributed by atoms with Gasteiger partial charge in [-0.2, -0.15) is 0 Å². The van der Waals surface area contributed by atoms with E-state index in [2.05, 4.69) is 4.72 Å². The van der Waals surface area contributed by atoms with Gasteiger partial charge in [0, 0.05) is 13.2 Å². The van der Waals surface area contributed by atoms with E-state index in [0.717, 1.165) is 18.4 Å². The van der Waals surface area contributed by atoms with Crippen LogP contribution < -0.4 is 9.46 Å². The largest absolute Gasteiger partial charge is 0.492 e. The fourth-order valence-electron chi connectivity index (χ4n) is 2.45. The van der Waals surface area contributed by atoms with Crippen LogP contribution in [0.1, 0.15) is 45.1 Å². The Morgan fingerprint density at radius 2 is 2.18 bits per heavy atom. The number of ether oxygens (including phenoxy) is 2. The number of hydrogen-bond donors (Lipinski definition) is 1. The van der Waals surface area contributed by atoms with E-state index in [0.29, 0.717) is 25.5 Å². The number of nitrogens with one attached hydrogen (secondary N) is 1. The zero-order chi connectivity index (χ0) is 16.2. The van der Waals surface area contributed by atoms with E-state index in [4.69, 9.17) is 9.47 Å². The van der Waals surface area contributed by atoms with Crippen molar-refractivity contribution in [2.45, 2.75) is 50.5 Å². The van der Waals surface area contributed by atoms with Gasteiger partial charge in [0.2, 0.25) is 10.0 Å². The minimum absolute atomic E-state index is 0.0291. The van der Waals surface area contributed by atoms with Gasteiger partial charge >= 0.3 is 0 Å². The summed E-state index contributed by atoms with van der Waals surface area (Å²) in [4.78, 5) is 0.207. The molecule has 1 aliphatic heterocycles. The molecule has 0 spiro atoms. The van der Waals surface area contributed by atoms with Crippen molar-refractivity contribution in [3.05, 3.63) is 23.8 Å². The van der Waals surface area contributed by atoms with E-state index in [-0.39, 0.29) is 16.9 Å². The summed E-state index contributed by atoms with van der Waals surface area (Å²) >= 11 is 0. The summed E-state index contributed by atoms with van der Waals surface area (Å²) in [5.74, 6) is 0.648. The number of hydrogen-bond acceptors (Lipinski definition) is 4. The highest BCUT2D eigenvalue weighted by atomic mass is 32.2. The van der Waals surface area contributed by atoms with Gasteiger partial charge in [0.25, 0.3) is 0 Å². The predicted molar refractivity (Wildman–Crippen MR) is 85.9 cm³/mol. The Morgan fingerprint density at radius 3 is 2.77 bits per heavy atom. The zero-order valence-electron chi connectivity index (χ0n) is 13.5. The molecule has 5 nitrogen and oxygen atoms in total. The van der Waals surface area contributed by atoms with Crippen LogP contribution >= 0.6 is 0 Å². The third-order valence-corrected chi connectivity index (χ3v) is 5.19. The number of benzene rings is 1. The van der Waals surface area contributed by atoms with Crippen molar-refractivity contribution in [1.29, 1.82) is 0 Å².